The van der Waals surface area contributed by atoms with E-state index in [1.165, 1.54) is 4.88 Å². The molecular weight excluding hydrogens is 246 g/mol. The number of hydrogen-bond acceptors (Lipinski definition) is 5. The van der Waals surface area contributed by atoms with Crippen molar-refractivity contribution in [3.8, 4) is 5.75 Å². The molecule has 0 saturated heterocycles. The van der Waals surface area contributed by atoms with Crippen LogP contribution in [-0.4, -0.2) is 23.6 Å². The zero-order valence-electron chi connectivity index (χ0n) is 10.8. The first kappa shape index (κ1) is 13.0. The molecule has 0 spiro atoms. The number of nitrogens with one attached hydrogen (secondary N) is 1. The second kappa shape index (κ2) is 5.93. The predicted octanol–water partition coefficient (Wildman–Crippen LogP) is 2.55. The van der Waals surface area contributed by atoms with Crippen molar-refractivity contribution in [1.29, 1.82) is 0 Å². The standard InChI is InChI=1S/C13H17N3OS/c1-4-15-12(13-9(2)16-8-18-13)10-5-11(17-3)7-14-6-10/h5-8,12,15H,4H2,1-3H3. The van der Waals surface area contributed by atoms with E-state index < -0.39 is 0 Å². The fourth-order valence-corrected chi connectivity index (χ4v) is 2.76. The highest BCUT2D eigenvalue weighted by Crippen LogP contribution is 2.29. The summed E-state index contributed by atoms with van der Waals surface area (Å²) in [4.78, 5) is 9.76. The quantitative estimate of drug-likeness (QED) is 0.900. The number of methoxy groups -OCH3 is 1. The molecule has 0 aromatic carbocycles. The lowest BCUT2D eigenvalue weighted by atomic mass is 10.1. The Kier molecular flexibility index (Phi) is 4.28. The van der Waals surface area contributed by atoms with Crippen molar-refractivity contribution in [3.05, 3.63) is 40.1 Å². The van der Waals surface area contributed by atoms with Gasteiger partial charge >= 0.3 is 0 Å². The molecule has 2 aromatic rings. The van der Waals surface area contributed by atoms with Gasteiger partial charge in [-0.3, -0.25) is 4.98 Å². The summed E-state index contributed by atoms with van der Waals surface area (Å²) in [5, 5.41) is 3.47. The lowest BCUT2D eigenvalue weighted by Crippen LogP contribution is -2.22. The second-order valence-corrected chi connectivity index (χ2v) is 4.84. The van der Waals surface area contributed by atoms with Gasteiger partial charge in [0.25, 0.3) is 0 Å². The van der Waals surface area contributed by atoms with E-state index in [1.54, 1.807) is 24.6 Å². The molecule has 0 aliphatic carbocycles. The van der Waals surface area contributed by atoms with Crippen molar-refractivity contribution < 1.29 is 4.74 Å². The number of rotatable bonds is 5. The molecule has 2 rings (SSSR count). The maximum atomic E-state index is 5.23. The molecule has 0 amide bonds. The summed E-state index contributed by atoms with van der Waals surface area (Å²) in [6.45, 7) is 5.01. The molecule has 0 fully saturated rings. The van der Waals surface area contributed by atoms with Crippen LogP contribution in [0.15, 0.2) is 24.0 Å². The van der Waals surface area contributed by atoms with Crippen molar-refractivity contribution in [3.63, 3.8) is 0 Å². The van der Waals surface area contributed by atoms with Crippen LogP contribution in [0.5, 0.6) is 5.75 Å². The lowest BCUT2D eigenvalue weighted by Gasteiger charge is -2.17. The minimum absolute atomic E-state index is 0.130. The predicted molar refractivity (Wildman–Crippen MR) is 73.2 cm³/mol. The highest BCUT2D eigenvalue weighted by Gasteiger charge is 2.18. The maximum Gasteiger partial charge on any atom is 0.137 e. The Morgan fingerprint density at radius 2 is 2.28 bits per heavy atom. The monoisotopic (exact) mass is 263 g/mol. The van der Waals surface area contributed by atoms with Gasteiger partial charge in [-0.05, 0) is 25.1 Å². The number of aryl methyl sites for hydroxylation is 1. The van der Waals surface area contributed by atoms with Crippen molar-refractivity contribution in [2.24, 2.45) is 0 Å². The molecule has 1 N–H and O–H groups in total. The van der Waals surface area contributed by atoms with E-state index >= 15 is 0 Å². The molecule has 0 aliphatic heterocycles. The van der Waals surface area contributed by atoms with Gasteiger partial charge in [0.2, 0.25) is 0 Å². The smallest absolute Gasteiger partial charge is 0.137 e. The van der Waals surface area contributed by atoms with E-state index in [2.05, 4.69) is 22.2 Å². The van der Waals surface area contributed by atoms with Gasteiger partial charge in [-0.15, -0.1) is 11.3 Å². The summed E-state index contributed by atoms with van der Waals surface area (Å²) in [5.74, 6) is 0.776. The Morgan fingerprint density at radius 3 is 2.89 bits per heavy atom. The van der Waals surface area contributed by atoms with Crippen LogP contribution >= 0.6 is 11.3 Å². The zero-order valence-corrected chi connectivity index (χ0v) is 11.6. The largest absolute Gasteiger partial charge is 0.495 e. The molecule has 0 aliphatic rings. The Morgan fingerprint density at radius 1 is 1.44 bits per heavy atom. The number of ether oxygens (including phenoxy) is 1. The van der Waals surface area contributed by atoms with E-state index in [1.807, 2.05) is 24.7 Å². The van der Waals surface area contributed by atoms with Gasteiger partial charge in [0.15, 0.2) is 0 Å². The minimum Gasteiger partial charge on any atom is -0.495 e. The van der Waals surface area contributed by atoms with Crippen LogP contribution in [0.1, 0.15) is 29.1 Å². The fraction of sp³-hybridized carbons (Fsp3) is 0.385. The SMILES string of the molecule is CCNC(c1cncc(OC)c1)c1scnc1C. The Balaban J connectivity index is 2.38. The summed E-state index contributed by atoms with van der Waals surface area (Å²) < 4.78 is 5.23. The van der Waals surface area contributed by atoms with Crippen LogP contribution in [0.4, 0.5) is 0 Å². The number of thiazole rings is 1. The third-order valence-corrected chi connectivity index (χ3v) is 3.75. The molecular formula is C13H17N3OS. The van der Waals surface area contributed by atoms with E-state index in [4.69, 9.17) is 4.74 Å². The Hall–Kier alpha value is -1.46. The third kappa shape index (κ3) is 2.68. The summed E-state index contributed by atoms with van der Waals surface area (Å²) in [6, 6.07) is 2.14. The normalized spacial score (nSPS) is 12.4. The van der Waals surface area contributed by atoms with Gasteiger partial charge in [-0.25, -0.2) is 4.98 Å². The first-order valence-corrected chi connectivity index (χ1v) is 6.76. The summed E-state index contributed by atoms with van der Waals surface area (Å²) >= 11 is 1.66. The molecule has 5 heteroatoms. The molecule has 18 heavy (non-hydrogen) atoms. The van der Waals surface area contributed by atoms with Gasteiger partial charge in [-0.1, -0.05) is 6.92 Å². The van der Waals surface area contributed by atoms with Crippen molar-refractivity contribution in [2.45, 2.75) is 19.9 Å². The lowest BCUT2D eigenvalue weighted by molar-refractivity contribution is 0.411. The van der Waals surface area contributed by atoms with Crippen LogP contribution in [0, 0.1) is 6.92 Å². The zero-order chi connectivity index (χ0) is 13.0. The highest BCUT2D eigenvalue weighted by molar-refractivity contribution is 7.09. The molecule has 0 radical (unpaired) electrons. The van der Waals surface area contributed by atoms with Crippen LogP contribution in [0.2, 0.25) is 0 Å². The average Bonchev–Trinajstić information content (AvgIpc) is 2.82. The van der Waals surface area contributed by atoms with Gasteiger partial charge in [0, 0.05) is 11.1 Å². The molecule has 2 heterocycles. The van der Waals surface area contributed by atoms with Crippen molar-refractivity contribution in [1.82, 2.24) is 15.3 Å². The van der Waals surface area contributed by atoms with Gasteiger partial charge in [0.05, 0.1) is 30.6 Å². The van der Waals surface area contributed by atoms with E-state index in [0.29, 0.717) is 0 Å². The Labute approximate surface area is 111 Å². The van der Waals surface area contributed by atoms with Crippen LogP contribution in [0.25, 0.3) is 0 Å². The topological polar surface area (TPSA) is 47.0 Å². The summed E-state index contributed by atoms with van der Waals surface area (Å²) in [5.41, 5.74) is 4.04. The van der Waals surface area contributed by atoms with Crippen molar-refractivity contribution in [2.75, 3.05) is 13.7 Å². The molecule has 0 bridgehead atoms. The molecule has 0 saturated carbocycles. The van der Waals surface area contributed by atoms with Crippen LogP contribution in [0.3, 0.4) is 0 Å². The number of hydrogen-bond donors (Lipinski definition) is 1. The van der Waals surface area contributed by atoms with Gasteiger partial charge < -0.3 is 10.1 Å². The van der Waals surface area contributed by atoms with Crippen LogP contribution in [-0.2, 0) is 0 Å². The second-order valence-electron chi connectivity index (χ2n) is 3.95. The van der Waals surface area contributed by atoms with Crippen LogP contribution < -0.4 is 10.1 Å². The molecule has 2 aromatic heterocycles. The number of nitrogens with zero attached hydrogens (tertiary/aromatic N) is 2. The average molecular weight is 263 g/mol. The number of pyridine rings is 1. The van der Waals surface area contributed by atoms with E-state index in [0.717, 1.165) is 23.6 Å². The van der Waals surface area contributed by atoms with E-state index in [9.17, 15) is 0 Å². The maximum absolute atomic E-state index is 5.23. The third-order valence-electron chi connectivity index (χ3n) is 2.76. The first-order chi connectivity index (χ1) is 8.76. The van der Waals surface area contributed by atoms with Gasteiger partial charge in [-0.2, -0.15) is 0 Å². The summed E-state index contributed by atoms with van der Waals surface area (Å²) in [6.07, 6.45) is 3.58. The Bertz CT molecular complexity index is 512. The number of aromatic nitrogens is 2. The summed E-state index contributed by atoms with van der Waals surface area (Å²) in [7, 11) is 1.65. The fourth-order valence-electron chi connectivity index (χ4n) is 1.86. The molecule has 96 valence electrons. The first-order valence-electron chi connectivity index (χ1n) is 5.88. The molecule has 1 unspecified atom stereocenters. The molecule has 1 atom stereocenters. The highest BCUT2D eigenvalue weighted by atomic mass is 32.1. The van der Waals surface area contributed by atoms with Crippen molar-refractivity contribution >= 4 is 11.3 Å². The molecule has 4 nitrogen and oxygen atoms in total. The van der Waals surface area contributed by atoms with E-state index in [-0.39, 0.29) is 6.04 Å². The van der Waals surface area contributed by atoms with Gasteiger partial charge in [0.1, 0.15) is 5.75 Å². The minimum atomic E-state index is 0.130.